The van der Waals surface area contributed by atoms with Crippen LogP contribution in [-0.4, -0.2) is 49.4 Å². The molecule has 0 saturated carbocycles. The molecule has 0 fully saturated rings. The predicted molar refractivity (Wildman–Crippen MR) is 128 cm³/mol. The van der Waals surface area contributed by atoms with E-state index < -0.39 is 0 Å². The summed E-state index contributed by atoms with van der Waals surface area (Å²) in [5.41, 5.74) is 2.86. The smallest absolute Gasteiger partial charge is 0.253 e. The van der Waals surface area contributed by atoms with Gasteiger partial charge < -0.3 is 15.1 Å². The van der Waals surface area contributed by atoms with E-state index in [1.165, 1.54) is 0 Å². The summed E-state index contributed by atoms with van der Waals surface area (Å²) in [6.45, 7) is 4.08. The van der Waals surface area contributed by atoms with Crippen molar-refractivity contribution in [2.45, 2.75) is 20.0 Å². The van der Waals surface area contributed by atoms with Gasteiger partial charge in [-0.05, 0) is 42.3 Å². The highest BCUT2D eigenvalue weighted by atomic mass is 127. The summed E-state index contributed by atoms with van der Waals surface area (Å²) < 4.78 is 0. The van der Waals surface area contributed by atoms with Crippen molar-refractivity contribution in [3.8, 4) is 0 Å². The van der Waals surface area contributed by atoms with Crippen molar-refractivity contribution in [2.24, 2.45) is 4.99 Å². The maximum absolute atomic E-state index is 12.0. The van der Waals surface area contributed by atoms with E-state index in [2.05, 4.69) is 10.2 Å². The predicted octanol–water partition coefficient (Wildman–Crippen LogP) is 4.26. The highest BCUT2D eigenvalue weighted by Gasteiger charge is 2.09. The zero-order valence-electron chi connectivity index (χ0n) is 16.8. The molecule has 2 rings (SSSR count). The normalized spacial score (nSPS) is 10.8. The number of rotatable bonds is 6. The lowest BCUT2D eigenvalue weighted by molar-refractivity contribution is 0.0827. The molecule has 2 aromatic rings. The van der Waals surface area contributed by atoms with Crippen LogP contribution in [-0.2, 0) is 13.1 Å². The standard InChI is InChI=1S/C21H27ClN4O.HI/c1-5-23-21(26(4)15-17-7-6-8-19(22)13-17)24-14-16-9-11-18(12-10-16)20(27)25(2)3;/h6-13H,5,14-15H2,1-4H3,(H,23,24);1H. The Morgan fingerprint density at radius 3 is 2.32 bits per heavy atom. The first-order valence-corrected chi connectivity index (χ1v) is 9.33. The number of amides is 1. The fraction of sp³-hybridized carbons (Fsp3) is 0.333. The topological polar surface area (TPSA) is 47.9 Å². The molecule has 0 spiro atoms. The summed E-state index contributed by atoms with van der Waals surface area (Å²) in [6.07, 6.45) is 0. The van der Waals surface area contributed by atoms with Gasteiger partial charge in [0.1, 0.15) is 0 Å². The average Bonchev–Trinajstić information content (AvgIpc) is 2.64. The van der Waals surface area contributed by atoms with Crippen LogP contribution in [0.5, 0.6) is 0 Å². The summed E-state index contributed by atoms with van der Waals surface area (Å²) >= 11 is 6.07. The molecule has 0 heterocycles. The van der Waals surface area contributed by atoms with Gasteiger partial charge in [0, 0.05) is 44.8 Å². The minimum absolute atomic E-state index is 0. The van der Waals surface area contributed by atoms with E-state index in [4.69, 9.17) is 16.6 Å². The highest BCUT2D eigenvalue weighted by Crippen LogP contribution is 2.13. The fourth-order valence-electron chi connectivity index (χ4n) is 2.63. The van der Waals surface area contributed by atoms with E-state index in [0.29, 0.717) is 18.7 Å². The van der Waals surface area contributed by atoms with Crippen LogP contribution in [0, 0.1) is 0 Å². The number of carbonyl (C=O) groups excluding carboxylic acids is 1. The van der Waals surface area contributed by atoms with E-state index in [1.807, 2.05) is 62.5 Å². The molecule has 0 aromatic heterocycles. The lowest BCUT2D eigenvalue weighted by atomic mass is 10.1. The van der Waals surface area contributed by atoms with Gasteiger partial charge in [0.15, 0.2) is 5.96 Å². The second-order valence-electron chi connectivity index (χ2n) is 6.55. The molecule has 1 N–H and O–H groups in total. The third-order valence-electron chi connectivity index (χ3n) is 4.02. The molecular formula is C21H28ClIN4O. The van der Waals surface area contributed by atoms with Gasteiger partial charge in [0.2, 0.25) is 0 Å². The summed E-state index contributed by atoms with van der Waals surface area (Å²) in [7, 11) is 5.50. The van der Waals surface area contributed by atoms with E-state index >= 15 is 0 Å². The molecule has 152 valence electrons. The molecule has 0 radical (unpaired) electrons. The number of nitrogens with one attached hydrogen (secondary N) is 1. The van der Waals surface area contributed by atoms with Crippen LogP contribution in [0.2, 0.25) is 5.02 Å². The maximum atomic E-state index is 12.0. The Kier molecular flexibility index (Phi) is 10.3. The number of hydrogen-bond acceptors (Lipinski definition) is 2. The largest absolute Gasteiger partial charge is 0.357 e. The molecule has 0 aliphatic carbocycles. The van der Waals surface area contributed by atoms with Gasteiger partial charge in [-0.2, -0.15) is 0 Å². The monoisotopic (exact) mass is 514 g/mol. The maximum Gasteiger partial charge on any atom is 0.253 e. The van der Waals surface area contributed by atoms with Gasteiger partial charge in [-0.25, -0.2) is 4.99 Å². The van der Waals surface area contributed by atoms with Crippen molar-refractivity contribution in [1.29, 1.82) is 0 Å². The van der Waals surface area contributed by atoms with Crippen molar-refractivity contribution in [1.82, 2.24) is 15.1 Å². The van der Waals surface area contributed by atoms with Crippen molar-refractivity contribution in [2.75, 3.05) is 27.7 Å². The van der Waals surface area contributed by atoms with Crippen molar-refractivity contribution >= 4 is 47.4 Å². The first-order chi connectivity index (χ1) is 12.9. The average molecular weight is 515 g/mol. The third kappa shape index (κ3) is 7.31. The molecule has 0 unspecified atom stereocenters. The molecule has 7 heteroatoms. The second-order valence-corrected chi connectivity index (χ2v) is 6.99. The van der Waals surface area contributed by atoms with E-state index in [0.717, 1.165) is 28.7 Å². The second kappa shape index (κ2) is 11.9. The quantitative estimate of drug-likeness (QED) is 0.356. The van der Waals surface area contributed by atoms with E-state index in [1.54, 1.807) is 19.0 Å². The molecule has 0 saturated heterocycles. The van der Waals surface area contributed by atoms with Crippen LogP contribution in [0.15, 0.2) is 53.5 Å². The molecular weight excluding hydrogens is 487 g/mol. The SMILES string of the molecule is CCNC(=NCc1ccc(C(=O)N(C)C)cc1)N(C)Cc1cccc(Cl)c1.I. The Morgan fingerprint density at radius 1 is 1.07 bits per heavy atom. The number of nitrogens with zero attached hydrogens (tertiary/aromatic N) is 3. The lowest BCUT2D eigenvalue weighted by Gasteiger charge is -2.22. The van der Waals surface area contributed by atoms with E-state index in [-0.39, 0.29) is 29.9 Å². The first-order valence-electron chi connectivity index (χ1n) is 8.95. The van der Waals surface area contributed by atoms with Crippen molar-refractivity contribution in [3.05, 3.63) is 70.2 Å². The Morgan fingerprint density at radius 2 is 1.75 bits per heavy atom. The lowest BCUT2D eigenvalue weighted by Crippen LogP contribution is -2.38. The number of benzene rings is 2. The van der Waals surface area contributed by atoms with Gasteiger partial charge in [-0.15, -0.1) is 24.0 Å². The van der Waals surface area contributed by atoms with Gasteiger partial charge >= 0.3 is 0 Å². The van der Waals surface area contributed by atoms with Gasteiger partial charge in [0.25, 0.3) is 5.91 Å². The minimum Gasteiger partial charge on any atom is -0.357 e. The molecule has 0 aliphatic rings. The van der Waals surface area contributed by atoms with Gasteiger partial charge in [-0.3, -0.25) is 4.79 Å². The first kappa shape index (κ1) is 24.2. The zero-order chi connectivity index (χ0) is 19.8. The Bertz CT molecular complexity index is 793. The van der Waals surface area contributed by atoms with Crippen LogP contribution in [0.1, 0.15) is 28.4 Å². The summed E-state index contributed by atoms with van der Waals surface area (Å²) in [5.74, 6) is 0.825. The number of hydrogen-bond donors (Lipinski definition) is 1. The minimum atomic E-state index is -0.000329. The number of carbonyl (C=O) groups is 1. The summed E-state index contributed by atoms with van der Waals surface area (Å²) in [5, 5.41) is 4.05. The molecule has 2 aromatic carbocycles. The zero-order valence-corrected chi connectivity index (χ0v) is 19.9. The molecule has 0 atom stereocenters. The van der Waals surface area contributed by atoms with Gasteiger partial charge in [0.05, 0.1) is 6.54 Å². The van der Waals surface area contributed by atoms with Crippen molar-refractivity contribution in [3.63, 3.8) is 0 Å². The highest BCUT2D eigenvalue weighted by molar-refractivity contribution is 14.0. The Labute approximate surface area is 189 Å². The van der Waals surface area contributed by atoms with Crippen LogP contribution in [0.4, 0.5) is 0 Å². The molecule has 28 heavy (non-hydrogen) atoms. The molecule has 5 nitrogen and oxygen atoms in total. The fourth-order valence-corrected chi connectivity index (χ4v) is 2.84. The van der Waals surface area contributed by atoms with Crippen molar-refractivity contribution < 1.29 is 4.79 Å². The van der Waals surface area contributed by atoms with Gasteiger partial charge in [-0.1, -0.05) is 35.9 Å². The van der Waals surface area contributed by atoms with E-state index in [9.17, 15) is 4.79 Å². The molecule has 1 amide bonds. The molecule has 0 bridgehead atoms. The van der Waals surface area contributed by atoms with Crippen LogP contribution >= 0.6 is 35.6 Å². The Hall–Kier alpha value is -1.80. The van der Waals surface area contributed by atoms with Crippen LogP contribution < -0.4 is 5.32 Å². The summed E-state index contributed by atoms with van der Waals surface area (Å²) in [4.78, 5) is 20.3. The third-order valence-corrected chi connectivity index (χ3v) is 4.26. The number of guanidine groups is 1. The number of aliphatic imine (C=N–C) groups is 1. The Balaban J connectivity index is 0.00000392. The number of halogens is 2. The van der Waals surface area contributed by atoms with Crippen LogP contribution in [0.25, 0.3) is 0 Å². The summed E-state index contributed by atoms with van der Waals surface area (Å²) in [6, 6.07) is 15.4. The van der Waals surface area contributed by atoms with Crippen LogP contribution in [0.3, 0.4) is 0 Å². The molecule has 0 aliphatic heterocycles.